The van der Waals surface area contributed by atoms with Gasteiger partial charge in [-0.05, 0) is 37.3 Å². The number of rotatable bonds is 4. The van der Waals surface area contributed by atoms with Crippen molar-refractivity contribution in [3.05, 3.63) is 89.5 Å². The third-order valence-electron chi connectivity index (χ3n) is 4.61. The molecule has 5 heteroatoms. The molecule has 0 bridgehead atoms. The minimum absolute atomic E-state index is 0.251. The van der Waals surface area contributed by atoms with Crippen LogP contribution in [0.15, 0.2) is 72.8 Å². The van der Waals surface area contributed by atoms with E-state index in [0.29, 0.717) is 11.3 Å². The molecule has 1 N–H and O–H groups in total. The van der Waals surface area contributed by atoms with Crippen LogP contribution in [0.1, 0.15) is 29.7 Å². The minimum atomic E-state index is -0.726. The minimum Gasteiger partial charge on any atom is -0.481 e. The summed E-state index contributed by atoms with van der Waals surface area (Å²) in [6.45, 7) is 1.69. The number of amides is 1. The lowest BCUT2D eigenvalue weighted by atomic mass is 9.94. The number of carbonyl (C=O) groups is 1. The molecule has 138 valence electrons. The number of hydrogen-bond donors (Lipinski definition) is 1. The van der Waals surface area contributed by atoms with Crippen LogP contribution < -0.4 is 14.8 Å². The molecule has 0 saturated carbocycles. The third kappa shape index (κ3) is 3.40. The van der Waals surface area contributed by atoms with E-state index >= 15 is 0 Å². The molecule has 1 atom stereocenters. The Morgan fingerprint density at radius 3 is 2.32 bits per heavy atom. The van der Waals surface area contributed by atoms with Crippen LogP contribution in [0, 0.1) is 11.3 Å². The molecule has 0 spiro atoms. The normalized spacial score (nSPS) is 13.3. The van der Waals surface area contributed by atoms with Gasteiger partial charge in [0.05, 0.1) is 17.7 Å². The van der Waals surface area contributed by atoms with Gasteiger partial charge in [0.25, 0.3) is 5.91 Å². The summed E-state index contributed by atoms with van der Waals surface area (Å²) >= 11 is 0. The van der Waals surface area contributed by atoms with E-state index < -0.39 is 6.10 Å². The molecular formula is C23H18N2O3. The van der Waals surface area contributed by atoms with Gasteiger partial charge >= 0.3 is 0 Å². The second-order valence-corrected chi connectivity index (χ2v) is 6.52. The number of ether oxygens (including phenoxy) is 2. The van der Waals surface area contributed by atoms with Gasteiger partial charge in [-0.2, -0.15) is 5.26 Å². The Balaban J connectivity index is 1.56. The third-order valence-corrected chi connectivity index (χ3v) is 4.61. The van der Waals surface area contributed by atoms with E-state index in [0.717, 1.165) is 22.6 Å². The molecule has 3 aromatic rings. The zero-order valence-corrected chi connectivity index (χ0v) is 15.3. The van der Waals surface area contributed by atoms with E-state index in [1.807, 2.05) is 48.5 Å². The zero-order valence-electron chi connectivity index (χ0n) is 15.3. The molecule has 1 aliphatic rings. The number of para-hydroxylation sites is 2. The van der Waals surface area contributed by atoms with Crippen molar-refractivity contribution < 1.29 is 14.3 Å². The second kappa shape index (κ2) is 7.45. The molecule has 1 heterocycles. The molecule has 1 aliphatic heterocycles. The summed E-state index contributed by atoms with van der Waals surface area (Å²) in [5.74, 6) is 1.68. The van der Waals surface area contributed by atoms with Gasteiger partial charge in [0, 0.05) is 11.1 Å². The summed E-state index contributed by atoms with van der Waals surface area (Å²) in [6, 6.07) is 23.8. The molecule has 1 unspecified atom stereocenters. The number of nitriles is 1. The predicted octanol–water partition coefficient (Wildman–Crippen LogP) is 4.34. The van der Waals surface area contributed by atoms with Crippen molar-refractivity contribution in [1.29, 1.82) is 5.26 Å². The van der Waals surface area contributed by atoms with Gasteiger partial charge in [-0.25, -0.2) is 0 Å². The van der Waals surface area contributed by atoms with Crippen molar-refractivity contribution in [2.75, 3.05) is 0 Å². The topological polar surface area (TPSA) is 71.3 Å². The molecular weight excluding hydrogens is 352 g/mol. The first-order chi connectivity index (χ1) is 13.7. The van der Waals surface area contributed by atoms with E-state index in [9.17, 15) is 4.79 Å². The van der Waals surface area contributed by atoms with Gasteiger partial charge in [0.2, 0.25) is 0 Å². The van der Waals surface area contributed by atoms with Crippen LogP contribution in [0.2, 0.25) is 0 Å². The van der Waals surface area contributed by atoms with Crippen LogP contribution in [0.25, 0.3) is 0 Å². The second-order valence-electron chi connectivity index (χ2n) is 6.52. The average molecular weight is 370 g/mol. The fraction of sp³-hybridized carbons (Fsp3) is 0.130. The van der Waals surface area contributed by atoms with Crippen molar-refractivity contribution in [1.82, 2.24) is 5.32 Å². The number of carbonyl (C=O) groups excluding carboxylic acids is 1. The molecule has 28 heavy (non-hydrogen) atoms. The Morgan fingerprint density at radius 1 is 1.04 bits per heavy atom. The fourth-order valence-electron chi connectivity index (χ4n) is 3.22. The fourth-order valence-corrected chi connectivity index (χ4v) is 3.22. The number of hydrogen-bond acceptors (Lipinski definition) is 4. The Bertz CT molecular complexity index is 1030. The van der Waals surface area contributed by atoms with E-state index in [-0.39, 0.29) is 11.9 Å². The summed E-state index contributed by atoms with van der Waals surface area (Å²) < 4.78 is 11.7. The maximum atomic E-state index is 12.8. The number of nitrogens with zero attached hydrogens (tertiary/aromatic N) is 1. The zero-order chi connectivity index (χ0) is 19.5. The van der Waals surface area contributed by atoms with Gasteiger partial charge in [-0.3, -0.25) is 4.79 Å². The molecule has 0 radical (unpaired) electrons. The van der Waals surface area contributed by atoms with Crippen LogP contribution >= 0.6 is 0 Å². The highest BCUT2D eigenvalue weighted by molar-refractivity contribution is 5.82. The van der Waals surface area contributed by atoms with E-state index in [4.69, 9.17) is 14.7 Å². The SMILES string of the molecule is CC(Oc1cccc(C#N)c1)C(=O)NC1c2ccccc2Oc2ccccc21. The van der Waals surface area contributed by atoms with Crippen molar-refractivity contribution >= 4 is 5.91 Å². The Kier molecular flexibility index (Phi) is 4.69. The lowest BCUT2D eigenvalue weighted by Crippen LogP contribution is -2.39. The van der Waals surface area contributed by atoms with E-state index in [2.05, 4.69) is 11.4 Å². The van der Waals surface area contributed by atoms with Gasteiger partial charge in [0.15, 0.2) is 6.10 Å². The van der Waals surface area contributed by atoms with Crippen LogP contribution in [-0.4, -0.2) is 12.0 Å². The quantitative estimate of drug-likeness (QED) is 0.742. The highest BCUT2D eigenvalue weighted by Gasteiger charge is 2.29. The summed E-state index contributed by atoms with van der Waals surface area (Å²) in [6.07, 6.45) is -0.726. The molecule has 5 nitrogen and oxygen atoms in total. The standard InChI is InChI=1S/C23H18N2O3/c1-15(27-17-8-6-7-16(13-17)14-24)23(26)25-22-18-9-2-4-11-20(18)28-21-12-5-3-10-19(21)22/h2-13,15,22H,1H3,(H,25,26). The maximum absolute atomic E-state index is 12.8. The van der Waals surface area contributed by atoms with Gasteiger partial charge in [-0.15, -0.1) is 0 Å². The van der Waals surface area contributed by atoms with E-state index in [1.165, 1.54) is 0 Å². The van der Waals surface area contributed by atoms with Crippen LogP contribution in [-0.2, 0) is 4.79 Å². The molecule has 0 aliphatic carbocycles. The number of fused-ring (bicyclic) bond motifs is 2. The average Bonchev–Trinajstić information content (AvgIpc) is 2.73. The lowest BCUT2D eigenvalue weighted by molar-refractivity contribution is -0.127. The summed E-state index contributed by atoms with van der Waals surface area (Å²) in [5.41, 5.74) is 2.28. The smallest absolute Gasteiger partial charge is 0.261 e. The maximum Gasteiger partial charge on any atom is 0.261 e. The molecule has 3 aromatic carbocycles. The first-order valence-electron chi connectivity index (χ1n) is 8.98. The Hall–Kier alpha value is -3.78. The molecule has 0 aromatic heterocycles. The summed E-state index contributed by atoms with van der Waals surface area (Å²) in [4.78, 5) is 12.8. The van der Waals surface area contributed by atoms with Gasteiger partial charge < -0.3 is 14.8 Å². The summed E-state index contributed by atoms with van der Waals surface area (Å²) in [7, 11) is 0. The van der Waals surface area contributed by atoms with Crippen molar-refractivity contribution in [2.45, 2.75) is 19.1 Å². The molecule has 1 amide bonds. The predicted molar refractivity (Wildman–Crippen MR) is 104 cm³/mol. The van der Waals surface area contributed by atoms with Crippen LogP contribution in [0.3, 0.4) is 0 Å². The first kappa shape index (κ1) is 17.6. The Labute approximate surface area is 163 Å². The monoisotopic (exact) mass is 370 g/mol. The van der Waals surface area contributed by atoms with Crippen LogP contribution in [0.4, 0.5) is 0 Å². The van der Waals surface area contributed by atoms with Crippen molar-refractivity contribution in [3.63, 3.8) is 0 Å². The molecule has 4 rings (SSSR count). The van der Waals surface area contributed by atoms with Crippen molar-refractivity contribution in [3.8, 4) is 23.3 Å². The highest BCUT2D eigenvalue weighted by Crippen LogP contribution is 2.42. The molecule has 0 fully saturated rings. The summed E-state index contributed by atoms with van der Waals surface area (Å²) in [5, 5.41) is 12.1. The Morgan fingerprint density at radius 2 is 1.68 bits per heavy atom. The number of benzene rings is 3. The highest BCUT2D eigenvalue weighted by atomic mass is 16.5. The van der Waals surface area contributed by atoms with Crippen LogP contribution in [0.5, 0.6) is 17.2 Å². The first-order valence-corrected chi connectivity index (χ1v) is 8.98. The van der Waals surface area contributed by atoms with E-state index in [1.54, 1.807) is 31.2 Å². The largest absolute Gasteiger partial charge is 0.481 e. The van der Waals surface area contributed by atoms with Crippen molar-refractivity contribution in [2.24, 2.45) is 0 Å². The number of nitrogens with one attached hydrogen (secondary N) is 1. The van der Waals surface area contributed by atoms with Gasteiger partial charge in [0.1, 0.15) is 17.2 Å². The molecule has 0 saturated heterocycles. The van der Waals surface area contributed by atoms with Gasteiger partial charge in [-0.1, -0.05) is 42.5 Å². The lowest BCUT2D eigenvalue weighted by Gasteiger charge is -2.29.